The summed E-state index contributed by atoms with van der Waals surface area (Å²) in [7, 11) is 1.95. The monoisotopic (exact) mass is 304 g/mol. The summed E-state index contributed by atoms with van der Waals surface area (Å²) in [5, 5.41) is 5.49. The van der Waals surface area contributed by atoms with E-state index in [1.165, 1.54) is 17.7 Å². The SMILES string of the molecule is CN(CCc1cccs1)c1ccc(CNC2CC2)cc1F. The molecule has 21 heavy (non-hydrogen) atoms. The molecule has 1 fully saturated rings. The third-order valence-electron chi connectivity index (χ3n) is 3.87. The zero-order chi connectivity index (χ0) is 14.7. The summed E-state index contributed by atoms with van der Waals surface area (Å²) in [5.41, 5.74) is 1.71. The molecule has 0 bridgehead atoms. The number of hydrogen-bond donors (Lipinski definition) is 1. The van der Waals surface area contributed by atoms with E-state index in [9.17, 15) is 4.39 Å². The van der Waals surface area contributed by atoms with Crippen LogP contribution < -0.4 is 10.2 Å². The lowest BCUT2D eigenvalue weighted by atomic mass is 10.1. The van der Waals surface area contributed by atoms with E-state index in [2.05, 4.69) is 22.8 Å². The van der Waals surface area contributed by atoms with Crippen LogP contribution in [0.15, 0.2) is 35.7 Å². The summed E-state index contributed by atoms with van der Waals surface area (Å²) in [4.78, 5) is 3.33. The quantitative estimate of drug-likeness (QED) is 0.836. The van der Waals surface area contributed by atoms with Gasteiger partial charge in [-0.1, -0.05) is 12.1 Å². The summed E-state index contributed by atoms with van der Waals surface area (Å²) in [6, 6.07) is 10.4. The Morgan fingerprint density at radius 1 is 1.33 bits per heavy atom. The number of rotatable bonds is 7. The van der Waals surface area contributed by atoms with Crippen molar-refractivity contribution < 1.29 is 4.39 Å². The van der Waals surface area contributed by atoms with Crippen molar-refractivity contribution in [3.63, 3.8) is 0 Å². The van der Waals surface area contributed by atoms with Crippen molar-refractivity contribution in [1.82, 2.24) is 5.32 Å². The van der Waals surface area contributed by atoms with E-state index in [4.69, 9.17) is 0 Å². The molecule has 0 amide bonds. The van der Waals surface area contributed by atoms with Crippen molar-refractivity contribution in [2.24, 2.45) is 0 Å². The highest BCUT2D eigenvalue weighted by Crippen LogP contribution is 2.22. The fourth-order valence-corrected chi connectivity index (χ4v) is 3.07. The van der Waals surface area contributed by atoms with Crippen LogP contribution in [0.25, 0.3) is 0 Å². The number of halogens is 1. The van der Waals surface area contributed by atoms with E-state index in [1.807, 2.05) is 24.1 Å². The lowest BCUT2D eigenvalue weighted by Gasteiger charge is -2.20. The van der Waals surface area contributed by atoms with Gasteiger partial charge >= 0.3 is 0 Å². The van der Waals surface area contributed by atoms with E-state index in [0.717, 1.165) is 25.1 Å². The number of hydrogen-bond acceptors (Lipinski definition) is 3. The second-order valence-corrected chi connectivity index (χ2v) is 6.72. The first kappa shape index (κ1) is 14.5. The fraction of sp³-hybridized carbons (Fsp3) is 0.412. The van der Waals surface area contributed by atoms with Crippen LogP contribution in [0.5, 0.6) is 0 Å². The van der Waals surface area contributed by atoms with Gasteiger partial charge in [0.15, 0.2) is 0 Å². The maximum atomic E-state index is 14.2. The van der Waals surface area contributed by atoms with Crippen LogP contribution in [0, 0.1) is 5.82 Å². The molecule has 1 saturated carbocycles. The maximum absolute atomic E-state index is 14.2. The van der Waals surface area contributed by atoms with E-state index < -0.39 is 0 Å². The van der Waals surface area contributed by atoms with Crippen LogP contribution in [-0.4, -0.2) is 19.6 Å². The second kappa shape index (κ2) is 6.58. The normalized spacial score (nSPS) is 14.4. The number of anilines is 1. The predicted molar refractivity (Wildman–Crippen MR) is 87.6 cm³/mol. The summed E-state index contributed by atoms with van der Waals surface area (Å²) < 4.78 is 14.2. The van der Waals surface area contributed by atoms with Crippen LogP contribution in [0.2, 0.25) is 0 Å². The fourth-order valence-electron chi connectivity index (χ4n) is 2.37. The second-order valence-electron chi connectivity index (χ2n) is 5.69. The van der Waals surface area contributed by atoms with Crippen molar-refractivity contribution in [3.8, 4) is 0 Å². The largest absolute Gasteiger partial charge is 0.372 e. The highest BCUT2D eigenvalue weighted by atomic mass is 32.1. The van der Waals surface area contributed by atoms with Gasteiger partial charge in [0.25, 0.3) is 0 Å². The Morgan fingerprint density at radius 2 is 2.19 bits per heavy atom. The van der Waals surface area contributed by atoms with Gasteiger partial charge in [0.05, 0.1) is 5.69 Å². The Balaban J connectivity index is 1.58. The van der Waals surface area contributed by atoms with Crippen LogP contribution >= 0.6 is 11.3 Å². The highest BCUT2D eigenvalue weighted by Gasteiger charge is 2.20. The standard InChI is InChI=1S/C17H21FN2S/c1-20(9-8-15-3-2-10-21-15)17-7-4-13(11-16(17)18)12-19-14-5-6-14/h2-4,7,10-11,14,19H,5-6,8-9,12H2,1H3. The molecule has 4 heteroatoms. The summed E-state index contributed by atoms with van der Waals surface area (Å²) >= 11 is 1.75. The van der Waals surface area contributed by atoms with Crippen molar-refractivity contribution in [1.29, 1.82) is 0 Å². The number of nitrogens with one attached hydrogen (secondary N) is 1. The number of thiophene rings is 1. The van der Waals surface area contributed by atoms with Gasteiger partial charge in [0, 0.05) is 31.1 Å². The molecule has 0 aliphatic heterocycles. The molecule has 1 aromatic carbocycles. The van der Waals surface area contributed by atoms with E-state index in [0.29, 0.717) is 11.7 Å². The minimum atomic E-state index is -0.126. The maximum Gasteiger partial charge on any atom is 0.146 e. The molecular weight excluding hydrogens is 283 g/mol. The number of likely N-dealkylation sites (N-methyl/N-ethyl adjacent to an activating group) is 1. The molecule has 0 saturated heterocycles. The van der Waals surface area contributed by atoms with Crippen molar-refractivity contribution in [2.75, 3.05) is 18.5 Å². The van der Waals surface area contributed by atoms with E-state index >= 15 is 0 Å². The average molecular weight is 304 g/mol. The van der Waals surface area contributed by atoms with Gasteiger partial charge < -0.3 is 10.2 Å². The molecule has 3 rings (SSSR count). The van der Waals surface area contributed by atoms with Crippen LogP contribution in [0.3, 0.4) is 0 Å². The van der Waals surface area contributed by atoms with Gasteiger partial charge in [-0.05, 0) is 48.4 Å². The zero-order valence-electron chi connectivity index (χ0n) is 12.3. The van der Waals surface area contributed by atoms with Gasteiger partial charge in [-0.15, -0.1) is 11.3 Å². The molecule has 0 atom stereocenters. The minimum absolute atomic E-state index is 0.126. The minimum Gasteiger partial charge on any atom is -0.372 e. The smallest absolute Gasteiger partial charge is 0.146 e. The first-order chi connectivity index (χ1) is 10.2. The molecule has 1 aliphatic rings. The third kappa shape index (κ3) is 4.05. The number of benzene rings is 1. The highest BCUT2D eigenvalue weighted by molar-refractivity contribution is 7.09. The molecule has 0 radical (unpaired) electrons. The Bertz CT molecular complexity index is 578. The van der Waals surface area contributed by atoms with Gasteiger partial charge in [0.1, 0.15) is 5.82 Å². The number of nitrogens with zero attached hydrogens (tertiary/aromatic N) is 1. The molecular formula is C17H21FN2S. The molecule has 1 aliphatic carbocycles. The van der Waals surface area contributed by atoms with Crippen molar-refractivity contribution >= 4 is 17.0 Å². The Kier molecular flexibility index (Phi) is 4.56. The van der Waals surface area contributed by atoms with Crippen LogP contribution in [0.1, 0.15) is 23.3 Å². The van der Waals surface area contributed by atoms with Crippen LogP contribution in [-0.2, 0) is 13.0 Å². The van der Waals surface area contributed by atoms with E-state index in [-0.39, 0.29) is 5.82 Å². The molecule has 1 N–H and O–H groups in total. The lowest BCUT2D eigenvalue weighted by Crippen LogP contribution is -2.21. The molecule has 1 heterocycles. The zero-order valence-corrected chi connectivity index (χ0v) is 13.1. The molecule has 0 unspecified atom stereocenters. The van der Waals surface area contributed by atoms with Gasteiger partial charge in [-0.25, -0.2) is 4.39 Å². The summed E-state index contributed by atoms with van der Waals surface area (Å²) in [5.74, 6) is -0.126. The molecule has 2 nitrogen and oxygen atoms in total. The Labute approximate surface area is 129 Å². The molecule has 2 aromatic rings. The molecule has 0 spiro atoms. The van der Waals surface area contributed by atoms with Gasteiger partial charge in [-0.2, -0.15) is 0 Å². The van der Waals surface area contributed by atoms with Crippen molar-refractivity contribution in [2.45, 2.75) is 31.8 Å². The Morgan fingerprint density at radius 3 is 2.86 bits per heavy atom. The summed E-state index contributed by atoms with van der Waals surface area (Å²) in [6.45, 7) is 1.60. The van der Waals surface area contributed by atoms with Crippen molar-refractivity contribution in [3.05, 3.63) is 52.0 Å². The predicted octanol–water partition coefficient (Wildman–Crippen LogP) is 3.82. The molecule has 1 aromatic heterocycles. The van der Waals surface area contributed by atoms with Crippen LogP contribution in [0.4, 0.5) is 10.1 Å². The summed E-state index contributed by atoms with van der Waals surface area (Å²) in [6.07, 6.45) is 3.47. The topological polar surface area (TPSA) is 15.3 Å². The van der Waals surface area contributed by atoms with Gasteiger partial charge in [-0.3, -0.25) is 0 Å². The first-order valence-electron chi connectivity index (χ1n) is 7.48. The first-order valence-corrected chi connectivity index (χ1v) is 8.35. The molecule has 112 valence electrons. The van der Waals surface area contributed by atoms with E-state index in [1.54, 1.807) is 17.4 Å². The lowest BCUT2D eigenvalue weighted by molar-refractivity contribution is 0.615. The van der Waals surface area contributed by atoms with Gasteiger partial charge in [0.2, 0.25) is 0 Å². The third-order valence-corrected chi connectivity index (χ3v) is 4.81. The average Bonchev–Trinajstić information content (AvgIpc) is 3.16. The Hall–Kier alpha value is -1.39.